The molecule has 0 saturated carbocycles. The van der Waals surface area contributed by atoms with Crippen LogP contribution in [0.25, 0.3) is 0 Å². The number of nitrogens with one attached hydrogen (secondary N) is 3. The summed E-state index contributed by atoms with van der Waals surface area (Å²) in [6.45, 7) is 1.45. The molecule has 0 aliphatic carbocycles. The van der Waals surface area contributed by atoms with E-state index in [1.807, 2.05) is 42.5 Å². The molecule has 0 bridgehead atoms. The second-order valence-corrected chi connectivity index (χ2v) is 7.90. The van der Waals surface area contributed by atoms with E-state index < -0.39 is 6.03 Å². The molecule has 0 unspecified atom stereocenters. The Morgan fingerprint density at radius 2 is 1.61 bits per heavy atom. The number of para-hydroxylation sites is 2. The molecule has 0 fully saturated rings. The Bertz CT molecular complexity index is 850. The van der Waals surface area contributed by atoms with Crippen molar-refractivity contribution in [3.05, 3.63) is 53.6 Å². The Kier molecular flexibility index (Phi) is 11.8. The summed E-state index contributed by atoms with van der Waals surface area (Å²) in [5.74, 6) is 0.628. The quantitative estimate of drug-likeness (QED) is 0.245. The zero-order valence-electron chi connectivity index (χ0n) is 17.2. The summed E-state index contributed by atoms with van der Waals surface area (Å²) < 4.78 is 8.95. The van der Waals surface area contributed by atoms with Crippen LogP contribution in [-0.2, 0) is 12.4 Å². The minimum Gasteiger partial charge on any atom is -0.491 e. The van der Waals surface area contributed by atoms with Gasteiger partial charge in [0.15, 0.2) is 5.11 Å². The number of anilines is 2. The summed E-state index contributed by atoms with van der Waals surface area (Å²) in [4.78, 5) is 11.3. The summed E-state index contributed by atoms with van der Waals surface area (Å²) in [6, 6.07) is 14.1. The number of amides is 2. The molecular weight excluding hydrogens is 452 g/mol. The van der Waals surface area contributed by atoms with Gasteiger partial charge < -0.3 is 20.7 Å². The Morgan fingerprint density at radius 1 is 0.935 bits per heavy atom. The number of urea groups is 1. The monoisotopic (exact) mass is 478 g/mol. The molecular formula is C22H27ClN4O2S2. The van der Waals surface area contributed by atoms with Gasteiger partial charge in [-0.25, -0.2) is 4.79 Å². The van der Waals surface area contributed by atoms with Gasteiger partial charge in [-0.05, 0) is 61.5 Å². The van der Waals surface area contributed by atoms with E-state index in [-0.39, 0.29) is 0 Å². The molecule has 2 aromatic carbocycles. The molecule has 3 N–H and O–H groups in total. The molecule has 9 heteroatoms. The standard InChI is InChI=1S/C22H27ClN4O2S2/c23-17-11-13-18(14-12-17)25-22(30)24-15-7-3-1-2-4-8-16-29-20-10-6-5-9-19(20)26-21(28)27-31/h5-6,9-14H,1-4,7-8,15-16H2,(H,26,28)(H2,24,25,30). The first kappa shape index (κ1) is 25.0. The molecule has 2 amide bonds. The van der Waals surface area contributed by atoms with E-state index in [0.29, 0.717) is 28.2 Å². The highest BCUT2D eigenvalue weighted by molar-refractivity contribution is 7.80. The van der Waals surface area contributed by atoms with Crippen LogP contribution in [0, 0.1) is 0 Å². The molecule has 0 aliphatic rings. The molecule has 2 rings (SSSR count). The third-order valence-corrected chi connectivity index (χ3v) is 5.09. The van der Waals surface area contributed by atoms with Crippen molar-refractivity contribution in [3.8, 4) is 5.75 Å². The zero-order valence-corrected chi connectivity index (χ0v) is 19.6. The van der Waals surface area contributed by atoms with Crippen LogP contribution >= 0.6 is 23.8 Å². The van der Waals surface area contributed by atoms with Gasteiger partial charge >= 0.3 is 6.03 Å². The number of hydrogen-bond acceptors (Lipinski definition) is 4. The predicted molar refractivity (Wildman–Crippen MR) is 134 cm³/mol. The van der Waals surface area contributed by atoms with Crippen molar-refractivity contribution in [2.45, 2.75) is 38.5 Å². The number of unbranched alkanes of at least 4 members (excludes halogenated alkanes) is 5. The number of hydrogen-bond donors (Lipinski definition) is 3. The fourth-order valence-electron chi connectivity index (χ4n) is 2.86. The average Bonchev–Trinajstić information content (AvgIpc) is 2.77. The molecule has 2 aromatic rings. The summed E-state index contributed by atoms with van der Waals surface area (Å²) in [7, 11) is 0. The zero-order chi connectivity index (χ0) is 22.3. The molecule has 31 heavy (non-hydrogen) atoms. The van der Waals surface area contributed by atoms with Gasteiger partial charge in [0.1, 0.15) is 5.75 Å². The number of nitrogens with zero attached hydrogens (tertiary/aromatic N) is 1. The van der Waals surface area contributed by atoms with Crippen molar-refractivity contribution in [2.24, 2.45) is 4.36 Å². The van der Waals surface area contributed by atoms with E-state index in [4.69, 9.17) is 28.6 Å². The van der Waals surface area contributed by atoms with Gasteiger partial charge in [-0.2, -0.15) is 0 Å². The lowest BCUT2D eigenvalue weighted by Gasteiger charge is -2.11. The van der Waals surface area contributed by atoms with Gasteiger partial charge in [0.2, 0.25) is 0 Å². The molecule has 0 aliphatic heterocycles. The maximum atomic E-state index is 11.3. The molecule has 0 spiro atoms. The predicted octanol–water partition coefficient (Wildman–Crippen LogP) is 6.31. The van der Waals surface area contributed by atoms with Crippen LogP contribution in [0.5, 0.6) is 5.75 Å². The van der Waals surface area contributed by atoms with Gasteiger partial charge in [0.05, 0.1) is 12.3 Å². The molecule has 0 radical (unpaired) electrons. The Hall–Kier alpha value is -2.29. The lowest BCUT2D eigenvalue weighted by molar-refractivity contribution is 0.259. The Labute approximate surface area is 199 Å². The fourth-order valence-corrected chi connectivity index (χ4v) is 3.25. The Morgan fingerprint density at radius 3 is 2.35 bits per heavy atom. The topological polar surface area (TPSA) is 74.8 Å². The van der Waals surface area contributed by atoms with Gasteiger partial charge in [0.25, 0.3) is 0 Å². The normalized spacial score (nSPS) is 10.2. The summed E-state index contributed by atoms with van der Waals surface area (Å²) >= 11 is 15.6. The SMILES string of the molecule is O=C(N=S)Nc1ccccc1OCCCCCCCCNC(=S)Nc1ccc(Cl)cc1. The van der Waals surface area contributed by atoms with E-state index in [1.165, 1.54) is 6.42 Å². The average molecular weight is 479 g/mol. The lowest BCUT2D eigenvalue weighted by Crippen LogP contribution is -2.29. The van der Waals surface area contributed by atoms with Crippen LogP contribution < -0.4 is 20.7 Å². The second-order valence-electron chi connectivity index (χ2n) is 6.88. The number of benzene rings is 2. The maximum absolute atomic E-state index is 11.3. The first-order valence-electron chi connectivity index (χ1n) is 10.2. The number of ether oxygens (including phenoxy) is 1. The third kappa shape index (κ3) is 10.5. The highest BCUT2D eigenvalue weighted by Crippen LogP contribution is 2.24. The van der Waals surface area contributed by atoms with E-state index in [0.717, 1.165) is 44.3 Å². The largest absolute Gasteiger partial charge is 0.491 e. The Balaban J connectivity index is 1.48. The smallest absolute Gasteiger partial charge is 0.356 e. The van der Waals surface area contributed by atoms with E-state index in [2.05, 4.69) is 32.7 Å². The van der Waals surface area contributed by atoms with Gasteiger partial charge in [-0.1, -0.05) is 49.4 Å². The van der Waals surface area contributed by atoms with Crippen molar-refractivity contribution in [1.29, 1.82) is 0 Å². The maximum Gasteiger partial charge on any atom is 0.356 e. The number of carbonyl (C=O) groups is 1. The number of thiocarbonyl (C=S) groups is 1. The van der Waals surface area contributed by atoms with Crippen LogP contribution in [0.3, 0.4) is 0 Å². The minimum atomic E-state index is -0.568. The van der Waals surface area contributed by atoms with E-state index in [1.54, 1.807) is 6.07 Å². The van der Waals surface area contributed by atoms with E-state index in [9.17, 15) is 4.79 Å². The van der Waals surface area contributed by atoms with Crippen LogP contribution in [0.2, 0.25) is 5.02 Å². The highest BCUT2D eigenvalue weighted by Gasteiger charge is 2.06. The minimum absolute atomic E-state index is 0.568. The number of rotatable bonds is 12. The van der Waals surface area contributed by atoms with Crippen LogP contribution in [0.15, 0.2) is 52.9 Å². The van der Waals surface area contributed by atoms with Crippen molar-refractivity contribution < 1.29 is 9.53 Å². The van der Waals surface area contributed by atoms with Gasteiger partial charge in [-0.15, -0.1) is 4.36 Å². The molecule has 0 aromatic heterocycles. The number of halogens is 1. The summed E-state index contributed by atoms with van der Waals surface area (Å²) in [5, 5.41) is 10.3. The van der Waals surface area contributed by atoms with Crippen molar-refractivity contribution in [3.63, 3.8) is 0 Å². The van der Waals surface area contributed by atoms with Crippen LogP contribution in [0.1, 0.15) is 38.5 Å². The second kappa shape index (κ2) is 14.7. The fraction of sp³-hybridized carbons (Fsp3) is 0.364. The molecule has 6 nitrogen and oxygen atoms in total. The van der Waals surface area contributed by atoms with Crippen molar-refractivity contribution >= 4 is 58.8 Å². The molecule has 0 heterocycles. The molecule has 166 valence electrons. The summed E-state index contributed by atoms with van der Waals surface area (Å²) in [5.41, 5.74) is 1.50. The van der Waals surface area contributed by atoms with Crippen LogP contribution in [-0.4, -0.2) is 24.3 Å². The van der Waals surface area contributed by atoms with Gasteiger partial charge in [0, 0.05) is 29.7 Å². The van der Waals surface area contributed by atoms with Gasteiger partial charge in [-0.3, -0.25) is 0 Å². The van der Waals surface area contributed by atoms with Crippen molar-refractivity contribution in [2.75, 3.05) is 23.8 Å². The first-order valence-corrected chi connectivity index (χ1v) is 11.4. The lowest BCUT2D eigenvalue weighted by atomic mass is 10.1. The van der Waals surface area contributed by atoms with Crippen LogP contribution in [0.4, 0.5) is 16.2 Å². The molecule has 0 atom stereocenters. The third-order valence-electron chi connectivity index (χ3n) is 4.43. The number of carbonyl (C=O) groups excluding carboxylic acids is 1. The first-order chi connectivity index (χ1) is 15.1. The van der Waals surface area contributed by atoms with Crippen molar-refractivity contribution in [1.82, 2.24) is 5.32 Å². The molecule has 0 saturated heterocycles. The highest BCUT2D eigenvalue weighted by atomic mass is 35.5. The summed E-state index contributed by atoms with van der Waals surface area (Å²) in [6.07, 6.45) is 6.61. The van der Waals surface area contributed by atoms with E-state index >= 15 is 0 Å².